The van der Waals surface area contributed by atoms with E-state index in [2.05, 4.69) is 10.4 Å². The monoisotopic (exact) mass is 261 g/mol. The first kappa shape index (κ1) is 13.7. The van der Waals surface area contributed by atoms with Crippen molar-refractivity contribution in [2.45, 2.75) is 26.3 Å². The molecule has 0 saturated heterocycles. The largest absolute Gasteiger partial charge is 0.310 e. The zero-order valence-electron chi connectivity index (χ0n) is 11.7. The van der Waals surface area contributed by atoms with Gasteiger partial charge in [0.2, 0.25) is 0 Å². The lowest BCUT2D eigenvalue weighted by Gasteiger charge is -2.15. The molecule has 3 nitrogen and oxygen atoms in total. The Morgan fingerprint density at radius 2 is 2.16 bits per heavy atom. The van der Waals surface area contributed by atoms with Gasteiger partial charge in [-0.3, -0.25) is 4.68 Å². The maximum Gasteiger partial charge on any atom is 0.126 e. The molecule has 102 valence electrons. The molecule has 2 aromatic rings. The first-order chi connectivity index (χ1) is 9.08. The van der Waals surface area contributed by atoms with Gasteiger partial charge in [0.15, 0.2) is 0 Å². The van der Waals surface area contributed by atoms with E-state index in [1.807, 2.05) is 36.9 Å². The Bertz CT molecular complexity index is 548. The molecule has 19 heavy (non-hydrogen) atoms. The topological polar surface area (TPSA) is 29.9 Å². The molecule has 1 atom stereocenters. The van der Waals surface area contributed by atoms with Gasteiger partial charge in [-0.2, -0.15) is 5.10 Å². The first-order valence-corrected chi connectivity index (χ1v) is 6.54. The van der Waals surface area contributed by atoms with Gasteiger partial charge in [0.05, 0.1) is 0 Å². The summed E-state index contributed by atoms with van der Waals surface area (Å²) in [5.41, 5.74) is 2.86. The summed E-state index contributed by atoms with van der Waals surface area (Å²) in [5.74, 6) is -0.141. The minimum absolute atomic E-state index is 0.141. The second kappa shape index (κ2) is 5.97. The van der Waals surface area contributed by atoms with E-state index in [0.29, 0.717) is 5.56 Å². The van der Waals surface area contributed by atoms with Crippen molar-refractivity contribution in [2.75, 3.05) is 6.54 Å². The molecule has 0 fully saturated rings. The first-order valence-electron chi connectivity index (χ1n) is 6.54. The average Bonchev–Trinajstić information content (AvgIpc) is 2.78. The molecule has 1 unspecified atom stereocenters. The summed E-state index contributed by atoms with van der Waals surface area (Å²) in [6.45, 7) is 4.67. The highest BCUT2D eigenvalue weighted by Crippen LogP contribution is 2.16. The summed E-state index contributed by atoms with van der Waals surface area (Å²) >= 11 is 0. The molecule has 0 radical (unpaired) electrons. The van der Waals surface area contributed by atoms with E-state index < -0.39 is 0 Å². The molecule has 1 heterocycles. The van der Waals surface area contributed by atoms with Gasteiger partial charge in [0.1, 0.15) is 5.82 Å². The number of aryl methyl sites for hydroxylation is 2. The second-order valence-corrected chi connectivity index (χ2v) is 4.88. The minimum atomic E-state index is -0.141. The fraction of sp³-hybridized carbons (Fsp3) is 0.400. The highest BCUT2D eigenvalue weighted by Gasteiger charge is 2.07. The highest BCUT2D eigenvalue weighted by molar-refractivity contribution is 5.25. The number of hydrogen-bond acceptors (Lipinski definition) is 2. The normalized spacial score (nSPS) is 12.6. The van der Waals surface area contributed by atoms with Crippen molar-refractivity contribution in [2.24, 2.45) is 7.05 Å². The summed E-state index contributed by atoms with van der Waals surface area (Å²) in [4.78, 5) is 0. The molecule has 1 aromatic heterocycles. The fourth-order valence-corrected chi connectivity index (χ4v) is 2.06. The number of nitrogens with zero attached hydrogens (tertiary/aromatic N) is 2. The smallest absolute Gasteiger partial charge is 0.126 e. The molecule has 0 aliphatic rings. The van der Waals surface area contributed by atoms with Gasteiger partial charge >= 0.3 is 0 Å². The summed E-state index contributed by atoms with van der Waals surface area (Å²) in [6.07, 6.45) is 2.71. The van der Waals surface area contributed by atoms with Crippen LogP contribution in [-0.4, -0.2) is 16.3 Å². The fourth-order valence-electron chi connectivity index (χ4n) is 2.06. The average molecular weight is 261 g/mol. The van der Waals surface area contributed by atoms with Crippen LogP contribution in [0.3, 0.4) is 0 Å². The minimum Gasteiger partial charge on any atom is -0.310 e. The maximum atomic E-state index is 13.5. The zero-order chi connectivity index (χ0) is 13.8. The van der Waals surface area contributed by atoms with Gasteiger partial charge in [0, 0.05) is 37.9 Å². The van der Waals surface area contributed by atoms with Crippen LogP contribution in [0.4, 0.5) is 4.39 Å². The molecule has 2 rings (SSSR count). The van der Waals surface area contributed by atoms with E-state index in [0.717, 1.165) is 18.5 Å². The summed E-state index contributed by atoms with van der Waals surface area (Å²) in [6, 6.07) is 7.56. The Balaban J connectivity index is 1.89. The van der Waals surface area contributed by atoms with E-state index in [-0.39, 0.29) is 11.9 Å². The predicted octanol–water partition coefficient (Wildman–Crippen LogP) is 2.76. The van der Waals surface area contributed by atoms with Crippen LogP contribution in [0.25, 0.3) is 0 Å². The Morgan fingerprint density at radius 1 is 1.37 bits per heavy atom. The van der Waals surface area contributed by atoms with Crippen molar-refractivity contribution < 1.29 is 4.39 Å². The van der Waals surface area contributed by atoms with E-state index in [9.17, 15) is 4.39 Å². The third kappa shape index (κ3) is 3.41. The van der Waals surface area contributed by atoms with Crippen LogP contribution in [0.5, 0.6) is 0 Å². The van der Waals surface area contributed by atoms with E-state index in [1.54, 1.807) is 19.2 Å². The summed E-state index contributed by atoms with van der Waals surface area (Å²) < 4.78 is 15.4. The summed E-state index contributed by atoms with van der Waals surface area (Å²) in [7, 11) is 1.94. The van der Waals surface area contributed by atoms with E-state index in [1.165, 1.54) is 5.69 Å². The number of aromatic nitrogens is 2. The molecular weight excluding hydrogens is 241 g/mol. The molecule has 1 aromatic carbocycles. The van der Waals surface area contributed by atoms with Crippen LogP contribution >= 0.6 is 0 Å². The van der Waals surface area contributed by atoms with Crippen molar-refractivity contribution in [1.29, 1.82) is 0 Å². The quantitative estimate of drug-likeness (QED) is 0.897. The molecule has 0 amide bonds. The summed E-state index contributed by atoms with van der Waals surface area (Å²) in [5, 5.41) is 7.54. The maximum absolute atomic E-state index is 13.5. The van der Waals surface area contributed by atoms with E-state index in [4.69, 9.17) is 0 Å². The van der Waals surface area contributed by atoms with Crippen molar-refractivity contribution >= 4 is 0 Å². The molecule has 0 aliphatic carbocycles. The molecule has 0 bridgehead atoms. The Morgan fingerprint density at radius 3 is 2.79 bits per heavy atom. The van der Waals surface area contributed by atoms with Gasteiger partial charge in [-0.05, 0) is 37.1 Å². The van der Waals surface area contributed by atoms with Crippen molar-refractivity contribution in [3.8, 4) is 0 Å². The predicted molar refractivity (Wildman–Crippen MR) is 74.5 cm³/mol. The number of halogens is 1. The van der Waals surface area contributed by atoms with Gasteiger partial charge in [-0.15, -0.1) is 0 Å². The number of rotatable bonds is 5. The van der Waals surface area contributed by atoms with Gasteiger partial charge in [-0.1, -0.05) is 12.1 Å². The van der Waals surface area contributed by atoms with Crippen molar-refractivity contribution in [1.82, 2.24) is 15.1 Å². The second-order valence-electron chi connectivity index (χ2n) is 4.88. The number of nitrogens with one attached hydrogen (secondary N) is 1. The lowest BCUT2D eigenvalue weighted by Crippen LogP contribution is -2.22. The van der Waals surface area contributed by atoms with Crippen molar-refractivity contribution in [3.05, 3.63) is 53.1 Å². The van der Waals surface area contributed by atoms with Crippen LogP contribution in [0.1, 0.15) is 29.8 Å². The lowest BCUT2D eigenvalue weighted by atomic mass is 10.1. The highest BCUT2D eigenvalue weighted by atomic mass is 19.1. The van der Waals surface area contributed by atoms with Crippen LogP contribution < -0.4 is 5.32 Å². The standard InChI is InChI=1S/C15H20FN3/c1-11-4-5-13(10-15(11)16)12(2)17-8-6-14-7-9-18-19(14)3/h4-5,7,9-10,12,17H,6,8H2,1-3H3. The Labute approximate surface area is 113 Å². The molecule has 1 N–H and O–H groups in total. The van der Waals surface area contributed by atoms with Crippen molar-refractivity contribution in [3.63, 3.8) is 0 Å². The zero-order valence-corrected chi connectivity index (χ0v) is 11.7. The van der Waals surface area contributed by atoms with Crippen LogP contribution in [0, 0.1) is 12.7 Å². The number of benzene rings is 1. The SMILES string of the molecule is Cc1ccc(C(C)NCCc2ccnn2C)cc1F. The molecule has 4 heteroatoms. The third-order valence-corrected chi connectivity index (χ3v) is 3.45. The molecule has 0 aliphatic heterocycles. The molecule has 0 spiro atoms. The van der Waals surface area contributed by atoms with Gasteiger partial charge in [-0.25, -0.2) is 4.39 Å². The number of hydrogen-bond donors (Lipinski definition) is 1. The van der Waals surface area contributed by atoms with Gasteiger partial charge < -0.3 is 5.32 Å². The molecule has 0 saturated carbocycles. The third-order valence-electron chi connectivity index (χ3n) is 3.45. The Hall–Kier alpha value is -1.68. The lowest BCUT2D eigenvalue weighted by molar-refractivity contribution is 0.555. The van der Waals surface area contributed by atoms with Crippen LogP contribution in [0.2, 0.25) is 0 Å². The Kier molecular flexibility index (Phi) is 4.32. The van der Waals surface area contributed by atoms with E-state index >= 15 is 0 Å². The van der Waals surface area contributed by atoms with Crippen LogP contribution in [0.15, 0.2) is 30.5 Å². The van der Waals surface area contributed by atoms with Gasteiger partial charge in [0.25, 0.3) is 0 Å². The van der Waals surface area contributed by atoms with Crippen LogP contribution in [-0.2, 0) is 13.5 Å². The molecular formula is C15H20FN3.